The van der Waals surface area contributed by atoms with Crippen LogP contribution >= 0.6 is 11.6 Å². The molecular weight excluding hydrogens is 214 g/mol. The number of primary amides is 1. The molecule has 3 nitrogen and oxygen atoms in total. The van der Waals surface area contributed by atoms with Crippen molar-refractivity contribution < 1.29 is 9.53 Å². The highest BCUT2D eigenvalue weighted by atomic mass is 35.5. The van der Waals surface area contributed by atoms with Crippen molar-refractivity contribution in [3.63, 3.8) is 0 Å². The first-order valence-corrected chi connectivity index (χ1v) is 4.93. The maximum atomic E-state index is 11.2. The van der Waals surface area contributed by atoms with Crippen LogP contribution in [0.1, 0.15) is 15.9 Å². The lowest BCUT2D eigenvalue weighted by molar-refractivity contribution is 0.1000. The summed E-state index contributed by atoms with van der Waals surface area (Å²) in [5, 5.41) is 0. The predicted molar refractivity (Wildman–Crippen MR) is 61.3 cm³/mol. The summed E-state index contributed by atoms with van der Waals surface area (Å²) in [7, 11) is 1.54. The van der Waals surface area contributed by atoms with Crippen molar-refractivity contribution in [2.75, 3.05) is 13.0 Å². The van der Waals surface area contributed by atoms with Crippen molar-refractivity contribution in [2.45, 2.75) is 0 Å². The van der Waals surface area contributed by atoms with E-state index >= 15 is 0 Å². The molecule has 1 amide bonds. The lowest BCUT2D eigenvalue weighted by atomic mass is 10.1. The van der Waals surface area contributed by atoms with E-state index < -0.39 is 5.91 Å². The van der Waals surface area contributed by atoms with Gasteiger partial charge in [0.1, 0.15) is 5.75 Å². The fraction of sp³-hybridized carbons (Fsp3) is 0.182. The Bertz CT molecular complexity index is 388. The first-order valence-electron chi connectivity index (χ1n) is 4.39. The average molecular weight is 226 g/mol. The third kappa shape index (κ3) is 2.99. The molecule has 0 bridgehead atoms. The minimum atomic E-state index is -0.483. The molecule has 0 aliphatic heterocycles. The van der Waals surface area contributed by atoms with E-state index in [2.05, 4.69) is 0 Å². The first kappa shape index (κ1) is 11.6. The second-order valence-corrected chi connectivity index (χ2v) is 3.18. The van der Waals surface area contributed by atoms with Gasteiger partial charge in [0.15, 0.2) is 0 Å². The van der Waals surface area contributed by atoms with Gasteiger partial charge in [-0.1, -0.05) is 18.2 Å². The number of rotatable bonds is 4. The smallest absolute Gasteiger partial charge is 0.249 e. The number of hydrogen-bond donors (Lipinski definition) is 1. The van der Waals surface area contributed by atoms with Crippen LogP contribution in [0.4, 0.5) is 0 Å². The third-order valence-corrected chi connectivity index (χ3v) is 2.09. The van der Waals surface area contributed by atoms with Gasteiger partial charge in [-0.05, 0) is 17.7 Å². The molecule has 15 heavy (non-hydrogen) atoms. The quantitative estimate of drug-likeness (QED) is 0.798. The first-order chi connectivity index (χ1) is 7.19. The Kier molecular flexibility index (Phi) is 4.18. The van der Waals surface area contributed by atoms with E-state index in [0.29, 0.717) is 17.2 Å². The number of hydrogen-bond acceptors (Lipinski definition) is 2. The largest absolute Gasteiger partial charge is 0.497 e. The minimum absolute atomic E-state index is 0.393. The van der Waals surface area contributed by atoms with Crippen LogP contribution in [0, 0.1) is 0 Å². The number of benzene rings is 1. The second kappa shape index (κ2) is 5.41. The lowest BCUT2D eigenvalue weighted by Crippen LogP contribution is -2.12. The van der Waals surface area contributed by atoms with Crippen LogP contribution in [0.15, 0.2) is 24.3 Å². The fourth-order valence-corrected chi connectivity index (χ4v) is 1.28. The van der Waals surface area contributed by atoms with Crippen molar-refractivity contribution in [1.29, 1.82) is 0 Å². The van der Waals surface area contributed by atoms with E-state index in [1.54, 1.807) is 30.4 Å². The summed E-state index contributed by atoms with van der Waals surface area (Å²) in [4.78, 5) is 11.2. The molecule has 0 radical (unpaired) electrons. The SMILES string of the molecule is COc1ccc(C=CCCl)c(C(N)=O)c1. The van der Waals surface area contributed by atoms with Crippen LogP contribution in [0.25, 0.3) is 6.08 Å². The highest BCUT2D eigenvalue weighted by Crippen LogP contribution is 2.18. The molecular formula is C11H12ClNO2. The normalized spacial score (nSPS) is 10.5. The van der Waals surface area contributed by atoms with E-state index in [9.17, 15) is 4.79 Å². The number of methoxy groups -OCH3 is 1. The number of nitrogens with two attached hydrogens (primary N) is 1. The standard InChI is InChI=1S/C11H12ClNO2/c1-15-9-5-4-8(3-2-6-12)10(7-9)11(13)14/h2-5,7H,6H2,1H3,(H2,13,14). The molecule has 1 aromatic carbocycles. The molecule has 0 unspecified atom stereocenters. The van der Waals surface area contributed by atoms with E-state index in [4.69, 9.17) is 22.1 Å². The zero-order chi connectivity index (χ0) is 11.3. The van der Waals surface area contributed by atoms with Crippen LogP contribution < -0.4 is 10.5 Å². The predicted octanol–water partition coefficient (Wildman–Crippen LogP) is 2.05. The van der Waals surface area contributed by atoms with E-state index in [1.807, 2.05) is 0 Å². The highest BCUT2D eigenvalue weighted by molar-refractivity contribution is 6.19. The maximum absolute atomic E-state index is 11.2. The number of carbonyl (C=O) groups excluding carboxylic acids is 1. The summed E-state index contributed by atoms with van der Waals surface area (Å²) in [5.41, 5.74) is 6.41. The van der Waals surface area contributed by atoms with Crippen LogP contribution in [0.5, 0.6) is 5.75 Å². The van der Waals surface area contributed by atoms with Gasteiger partial charge in [0.25, 0.3) is 0 Å². The Morgan fingerprint density at radius 1 is 1.60 bits per heavy atom. The topological polar surface area (TPSA) is 52.3 Å². The Balaban J connectivity index is 3.15. The van der Waals surface area contributed by atoms with Crippen LogP contribution in [-0.2, 0) is 0 Å². The van der Waals surface area contributed by atoms with Gasteiger partial charge in [0, 0.05) is 11.4 Å². The molecule has 0 aromatic heterocycles. The number of alkyl halides is 1. The molecule has 0 atom stereocenters. The van der Waals surface area contributed by atoms with Gasteiger partial charge in [-0.3, -0.25) is 4.79 Å². The molecule has 0 aliphatic rings. The van der Waals surface area contributed by atoms with Crippen molar-refractivity contribution in [2.24, 2.45) is 5.73 Å². The van der Waals surface area contributed by atoms with Crippen LogP contribution in [-0.4, -0.2) is 18.9 Å². The van der Waals surface area contributed by atoms with Gasteiger partial charge in [-0.15, -0.1) is 11.6 Å². The van der Waals surface area contributed by atoms with E-state index in [0.717, 1.165) is 5.56 Å². The molecule has 1 rings (SSSR count). The summed E-state index contributed by atoms with van der Waals surface area (Å²) in [6.07, 6.45) is 3.50. The lowest BCUT2D eigenvalue weighted by Gasteiger charge is -2.05. The molecule has 0 saturated carbocycles. The van der Waals surface area contributed by atoms with Gasteiger partial charge >= 0.3 is 0 Å². The third-order valence-electron chi connectivity index (χ3n) is 1.91. The molecule has 1 aromatic rings. The minimum Gasteiger partial charge on any atom is -0.497 e. The highest BCUT2D eigenvalue weighted by Gasteiger charge is 2.07. The molecule has 4 heteroatoms. The molecule has 0 fully saturated rings. The average Bonchev–Trinajstić information content (AvgIpc) is 2.26. The molecule has 0 saturated heterocycles. The Morgan fingerprint density at radius 3 is 2.87 bits per heavy atom. The van der Waals surface area contributed by atoms with Crippen molar-refractivity contribution in [3.05, 3.63) is 35.4 Å². The number of carbonyl (C=O) groups is 1. The van der Waals surface area contributed by atoms with Gasteiger partial charge in [0.2, 0.25) is 5.91 Å². The number of ether oxygens (including phenoxy) is 1. The van der Waals surface area contributed by atoms with Crippen molar-refractivity contribution in [1.82, 2.24) is 0 Å². The monoisotopic (exact) mass is 225 g/mol. The molecule has 2 N–H and O–H groups in total. The fourth-order valence-electron chi connectivity index (χ4n) is 1.19. The summed E-state index contributed by atoms with van der Waals surface area (Å²) < 4.78 is 5.01. The van der Waals surface area contributed by atoms with Gasteiger partial charge in [0.05, 0.1) is 7.11 Å². The Morgan fingerprint density at radius 2 is 2.33 bits per heavy atom. The van der Waals surface area contributed by atoms with Crippen LogP contribution in [0.2, 0.25) is 0 Å². The number of halogens is 1. The van der Waals surface area contributed by atoms with Gasteiger partial charge in [-0.25, -0.2) is 0 Å². The summed E-state index contributed by atoms with van der Waals surface area (Å²) in [6, 6.07) is 5.14. The van der Waals surface area contributed by atoms with Crippen molar-refractivity contribution in [3.8, 4) is 5.75 Å². The Labute approximate surface area is 93.5 Å². The van der Waals surface area contributed by atoms with Gasteiger partial charge in [-0.2, -0.15) is 0 Å². The van der Waals surface area contributed by atoms with E-state index in [1.165, 1.54) is 7.11 Å². The van der Waals surface area contributed by atoms with Crippen molar-refractivity contribution >= 4 is 23.6 Å². The number of amides is 1. The summed E-state index contributed by atoms with van der Waals surface area (Å²) in [5.74, 6) is 0.513. The molecule has 0 spiro atoms. The zero-order valence-corrected chi connectivity index (χ0v) is 9.12. The Hall–Kier alpha value is -1.48. The zero-order valence-electron chi connectivity index (χ0n) is 8.37. The second-order valence-electron chi connectivity index (χ2n) is 2.87. The summed E-state index contributed by atoms with van der Waals surface area (Å²) in [6.45, 7) is 0. The van der Waals surface area contributed by atoms with E-state index in [-0.39, 0.29) is 0 Å². The molecule has 0 heterocycles. The van der Waals surface area contributed by atoms with Gasteiger partial charge < -0.3 is 10.5 Å². The summed E-state index contributed by atoms with van der Waals surface area (Å²) >= 11 is 5.51. The van der Waals surface area contributed by atoms with Crippen LogP contribution in [0.3, 0.4) is 0 Å². The molecule has 80 valence electrons. The molecule has 0 aliphatic carbocycles. The number of allylic oxidation sites excluding steroid dienone is 1. The maximum Gasteiger partial charge on any atom is 0.249 e.